The van der Waals surface area contributed by atoms with Crippen LogP contribution in [0.25, 0.3) is 0 Å². The lowest BCUT2D eigenvalue weighted by Crippen LogP contribution is -2.33. The Labute approximate surface area is 116 Å². The van der Waals surface area contributed by atoms with Gasteiger partial charge in [-0.2, -0.15) is 0 Å². The first-order valence-electron chi connectivity index (χ1n) is 6.03. The van der Waals surface area contributed by atoms with Crippen LogP contribution in [0.4, 0.5) is 0 Å². The van der Waals surface area contributed by atoms with Crippen LogP contribution in [0.15, 0.2) is 17.5 Å². The summed E-state index contributed by atoms with van der Waals surface area (Å²) in [5.41, 5.74) is 4.91. The normalized spacial score (nSPS) is 12.5. The van der Waals surface area contributed by atoms with Gasteiger partial charge in [-0.3, -0.25) is 4.79 Å². The molecule has 1 heterocycles. The number of thiophene rings is 1. The topological polar surface area (TPSA) is 93.8 Å². The summed E-state index contributed by atoms with van der Waals surface area (Å²) in [6, 6.07) is 3.96. The Balaban J connectivity index is 1.90. The molecule has 0 aliphatic rings. The molecule has 1 rings (SSSR count). The van der Waals surface area contributed by atoms with E-state index in [1.165, 1.54) is 0 Å². The number of nitrogens with one attached hydrogen (secondary N) is 1. The number of amides is 1. The van der Waals surface area contributed by atoms with E-state index in [9.17, 15) is 9.90 Å². The average Bonchev–Trinajstić information content (AvgIpc) is 2.86. The molecule has 0 spiro atoms. The van der Waals surface area contributed by atoms with Gasteiger partial charge in [-0.05, 0) is 11.4 Å². The van der Waals surface area contributed by atoms with Crippen LogP contribution in [-0.4, -0.2) is 50.0 Å². The summed E-state index contributed by atoms with van der Waals surface area (Å²) >= 11 is 1.63. The second-order valence-electron chi connectivity index (χ2n) is 3.97. The molecular formula is C12H20N2O4S. The van der Waals surface area contributed by atoms with Gasteiger partial charge in [-0.25, -0.2) is 0 Å². The van der Waals surface area contributed by atoms with Gasteiger partial charge >= 0.3 is 0 Å². The summed E-state index contributed by atoms with van der Waals surface area (Å²) < 4.78 is 10.3. The van der Waals surface area contributed by atoms with E-state index in [1.54, 1.807) is 11.3 Å². The Bertz CT molecular complexity index is 346. The highest BCUT2D eigenvalue weighted by atomic mass is 32.1. The van der Waals surface area contributed by atoms with Crippen LogP contribution in [0.1, 0.15) is 4.88 Å². The van der Waals surface area contributed by atoms with Crippen LogP contribution in [0.5, 0.6) is 0 Å². The van der Waals surface area contributed by atoms with Gasteiger partial charge in [0.25, 0.3) is 0 Å². The minimum absolute atomic E-state index is 0.0752. The number of ether oxygens (including phenoxy) is 2. The van der Waals surface area contributed by atoms with E-state index >= 15 is 0 Å². The van der Waals surface area contributed by atoms with Crippen molar-refractivity contribution in [3.8, 4) is 0 Å². The molecule has 0 fully saturated rings. The van der Waals surface area contributed by atoms with Crippen molar-refractivity contribution >= 4 is 17.2 Å². The molecule has 0 aromatic carbocycles. The molecule has 1 aromatic heterocycles. The van der Waals surface area contributed by atoms with Gasteiger partial charge in [0, 0.05) is 18.0 Å². The first kappa shape index (κ1) is 16.1. The molecule has 1 amide bonds. The second kappa shape index (κ2) is 9.88. The van der Waals surface area contributed by atoms with Gasteiger partial charge in [0.2, 0.25) is 5.91 Å². The zero-order valence-corrected chi connectivity index (χ0v) is 11.5. The van der Waals surface area contributed by atoms with Crippen molar-refractivity contribution in [3.05, 3.63) is 22.4 Å². The van der Waals surface area contributed by atoms with Crippen LogP contribution in [0.3, 0.4) is 0 Å². The van der Waals surface area contributed by atoms with Crippen molar-refractivity contribution in [1.29, 1.82) is 0 Å². The molecule has 0 aliphatic heterocycles. The molecular weight excluding hydrogens is 268 g/mol. The largest absolute Gasteiger partial charge is 0.389 e. The number of carbonyl (C=O) groups is 1. The highest BCUT2D eigenvalue weighted by Gasteiger charge is 2.04. The van der Waals surface area contributed by atoms with Crippen LogP contribution < -0.4 is 11.1 Å². The number of rotatable bonds is 11. The van der Waals surface area contributed by atoms with E-state index in [1.807, 2.05) is 17.5 Å². The minimum Gasteiger partial charge on any atom is -0.389 e. The summed E-state index contributed by atoms with van der Waals surface area (Å²) in [6.45, 7) is 2.09. The smallest absolute Gasteiger partial charge is 0.243 e. The van der Waals surface area contributed by atoms with Crippen molar-refractivity contribution in [3.63, 3.8) is 0 Å². The van der Waals surface area contributed by atoms with E-state index in [0.29, 0.717) is 26.3 Å². The lowest BCUT2D eigenvalue weighted by atomic mass is 10.4. The maximum absolute atomic E-state index is 10.4. The van der Waals surface area contributed by atoms with Gasteiger partial charge in [0.05, 0.1) is 25.9 Å². The molecule has 1 atom stereocenters. The Hall–Kier alpha value is -0.990. The summed E-state index contributed by atoms with van der Waals surface area (Å²) in [5.74, 6) is -0.484. The van der Waals surface area contributed by atoms with E-state index in [2.05, 4.69) is 5.32 Å². The van der Waals surface area contributed by atoms with Gasteiger partial charge in [0.1, 0.15) is 6.61 Å². The van der Waals surface area contributed by atoms with Crippen LogP contribution in [-0.2, 0) is 20.9 Å². The van der Waals surface area contributed by atoms with Crippen LogP contribution in [0.2, 0.25) is 0 Å². The van der Waals surface area contributed by atoms with Crippen molar-refractivity contribution in [1.82, 2.24) is 5.32 Å². The predicted molar refractivity (Wildman–Crippen MR) is 72.9 cm³/mol. The average molecular weight is 288 g/mol. The number of nitrogens with two attached hydrogens (primary N) is 1. The Morgan fingerprint density at radius 1 is 1.53 bits per heavy atom. The van der Waals surface area contributed by atoms with Crippen LogP contribution in [0, 0.1) is 0 Å². The highest BCUT2D eigenvalue weighted by molar-refractivity contribution is 7.09. The quantitative estimate of drug-likeness (QED) is 0.487. The number of carbonyl (C=O) groups excluding carboxylic acids is 1. The van der Waals surface area contributed by atoms with Gasteiger partial charge in [-0.1, -0.05) is 6.07 Å². The summed E-state index contributed by atoms with van der Waals surface area (Å²) in [4.78, 5) is 11.5. The number of aliphatic hydroxyl groups is 1. The van der Waals surface area contributed by atoms with E-state index in [-0.39, 0.29) is 13.2 Å². The zero-order valence-electron chi connectivity index (χ0n) is 10.7. The second-order valence-corrected chi connectivity index (χ2v) is 5.00. The fourth-order valence-corrected chi connectivity index (χ4v) is 1.98. The first-order valence-corrected chi connectivity index (χ1v) is 6.91. The molecule has 0 aliphatic carbocycles. The molecule has 1 unspecified atom stereocenters. The molecule has 4 N–H and O–H groups in total. The number of hydrogen-bond acceptors (Lipinski definition) is 6. The number of primary amides is 1. The fraction of sp³-hybridized carbons (Fsp3) is 0.583. The first-order chi connectivity index (χ1) is 9.18. The van der Waals surface area contributed by atoms with E-state index < -0.39 is 12.0 Å². The molecule has 0 radical (unpaired) electrons. The Kier molecular flexibility index (Phi) is 8.35. The van der Waals surface area contributed by atoms with E-state index in [0.717, 1.165) is 4.88 Å². The molecule has 19 heavy (non-hydrogen) atoms. The number of aliphatic hydroxyl groups excluding tert-OH is 1. The molecule has 0 bridgehead atoms. The third kappa shape index (κ3) is 8.68. The van der Waals surface area contributed by atoms with Crippen molar-refractivity contribution in [2.24, 2.45) is 5.73 Å². The molecule has 0 saturated carbocycles. The zero-order chi connectivity index (χ0) is 13.9. The van der Waals surface area contributed by atoms with Gasteiger partial charge in [-0.15, -0.1) is 11.3 Å². The van der Waals surface area contributed by atoms with Crippen LogP contribution >= 0.6 is 11.3 Å². The minimum atomic E-state index is -0.559. The third-order valence-corrected chi connectivity index (χ3v) is 3.03. The Morgan fingerprint density at radius 3 is 3.05 bits per heavy atom. The van der Waals surface area contributed by atoms with E-state index in [4.69, 9.17) is 15.2 Å². The molecule has 6 nitrogen and oxygen atoms in total. The monoisotopic (exact) mass is 288 g/mol. The number of hydrogen-bond donors (Lipinski definition) is 3. The molecule has 108 valence electrons. The summed E-state index contributed by atoms with van der Waals surface area (Å²) in [5, 5.41) is 14.6. The van der Waals surface area contributed by atoms with Crippen molar-refractivity contribution in [2.75, 3.05) is 32.9 Å². The maximum Gasteiger partial charge on any atom is 0.243 e. The molecule has 1 aromatic rings. The van der Waals surface area contributed by atoms with Gasteiger partial charge < -0.3 is 25.6 Å². The molecule has 0 saturated heterocycles. The fourth-order valence-electron chi connectivity index (χ4n) is 1.33. The van der Waals surface area contributed by atoms with Crippen molar-refractivity contribution in [2.45, 2.75) is 12.7 Å². The lowest BCUT2D eigenvalue weighted by molar-refractivity contribution is -0.122. The third-order valence-electron chi connectivity index (χ3n) is 2.18. The summed E-state index contributed by atoms with van der Waals surface area (Å²) in [6.07, 6.45) is -0.559. The molecule has 7 heteroatoms. The van der Waals surface area contributed by atoms with Crippen molar-refractivity contribution < 1.29 is 19.4 Å². The van der Waals surface area contributed by atoms with Gasteiger partial charge in [0.15, 0.2) is 0 Å². The standard InChI is InChI=1S/C12H20N2O4S/c13-12(16)9-17-4-3-14-6-10(15)7-18-8-11-2-1-5-19-11/h1-2,5,10,14-15H,3-4,6-9H2,(H2,13,16). The highest BCUT2D eigenvalue weighted by Crippen LogP contribution is 2.09. The predicted octanol–water partition coefficient (Wildman–Crippen LogP) is -0.283. The lowest BCUT2D eigenvalue weighted by Gasteiger charge is -2.12. The maximum atomic E-state index is 10.4. The Morgan fingerprint density at radius 2 is 2.37 bits per heavy atom. The SMILES string of the molecule is NC(=O)COCCNCC(O)COCc1cccs1. The summed E-state index contributed by atoms with van der Waals surface area (Å²) in [7, 11) is 0.